The van der Waals surface area contributed by atoms with E-state index in [1.807, 2.05) is 32.2 Å². The van der Waals surface area contributed by atoms with Crippen molar-refractivity contribution in [3.8, 4) is 0 Å². The molecule has 1 saturated carbocycles. The van der Waals surface area contributed by atoms with Crippen LogP contribution < -0.4 is 10.6 Å². The normalized spacial score (nSPS) is 22.3. The van der Waals surface area contributed by atoms with Gasteiger partial charge in [-0.1, -0.05) is 6.07 Å². The fourth-order valence-electron chi connectivity index (χ4n) is 2.61. The Morgan fingerprint density at radius 1 is 1.37 bits per heavy atom. The number of hydrogen-bond donors (Lipinski definition) is 2. The van der Waals surface area contributed by atoms with Crippen molar-refractivity contribution in [2.24, 2.45) is 0 Å². The van der Waals surface area contributed by atoms with Crippen LogP contribution in [0.2, 0.25) is 0 Å². The smallest absolute Gasteiger partial charge is 0.253 e. The zero-order valence-electron chi connectivity index (χ0n) is 11.8. The molecule has 2 atom stereocenters. The second-order valence-corrected chi connectivity index (χ2v) is 5.14. The van der Waals surface area contributed by atoms with Gasteiger partial charge in [0.15, 0.2) is 0 Å². The molecule has 2 rings (SSSR count). The highest BCUT2D eigenvalue weighted by atomic mass is 16.5. The number of benzene rings is 1. The fraction of sp³-hybridized carbons (Fsp3) is 0.533. The van der Waals surface area contributed by atoms with Crippen LogP contribution in [-0.4, -0.2) is 32.2 Å². The van der Waals surface area contributed by atoms with Gasteiger partial charge in [-0.3, -0.25) is 4.79 Å². The van der Waals surface area contributed by atoms with Crippen molar-refractivity contribution in [1.29, 1.82) is 0 Å². The molecule has 1 fully saturated rings. The molecular formula is C15H22N2O2. The van der Waals surface area contributed by atoms with E-state index in [0.29, 0.717) is 5.56 Å². The Balaban J connectivity index is 2.04. The molecular weight excluding hydrogens is 240 g/mol. The SMILES string of the molecule is CNc1cc(C)ccc1C(=O)NC1CCC(OC)C1. The first kappa shape index (κ1) is 13.9. The van der Waals surface area contributed by atoms with Crippen molar-refractivity contribution in [3.05, 3.63) is 29.3 Å². The number of anilines is 1. The van der Waals surface area contributed by atoms with Crippen LogP contribution in [-0.2, 0) is 4.74 Å². The van der Waals surface area contributed by atoms with Crippen LogP contribution in [0.1, 0.15) is 35.2 Å². The highest BCUT2D eigenvalue weighted by molar-refractivity contribution is 5.99. The molecule has 0 aliphatic heterocycles. The van der Waals surface area contributed by atoms with Gasteiger partial charge in [0, 0.05) is 25.9 Å². The summed E-state index contributed by atoms with van der Waals surface area (Å²) in [6.07, 6.45) is 3.20. The summed E-state index contributed by atoms with van der Waals surface area (Å²) in [5, 5.41) is 6.17. The molecule has 0 aromatic heterocycles. The molecule has 1 aromatic rings. The number of rotatable bonds is 4. The molecule has 4 nitrogen and oxygen atoms in total. The Bertz CT molecular complexity index is 459. The number of nitrogens with one attached hydrogen (secondary N) is 2. The Kier molecular flexibility index (Phi) is 4.43. The predicted octanol–water partition coefficient (Wildman–Crippen LogP) is 2.33. The zero-order chi connectivity index (χ0) is 13.8. The molecule has 2 N–H and O–H groups in total. The quantitative estimate of drug-likeness (QED) is 0.875. The first-order valence-corrected chi connectivity index (χ1v) is 6.76. The second-order valence-electron chi connectivity index (χ2n) is 5.14. The second kappa shape index (κ2) is 6.06. The summed E-state index contributed by atoms with van der Waals surface area (Å²) in [5.74, 6) is -0.00824. The van der Waals surface area contributed by atoms with Gasteiger partial charge in [0.1, 0.15) is 0 Å². The molecule has 2 unspecified atom stereocenters. The van der Waals surface area contributed by atoms with Crippen LogP contribution in [0.4, 0.5) is 5.69 Å². The molecule has 0 bridgehead atoms. The van der Waals surface area contributed by atoms with Gasteiger partial charge < -0.3 is 15.4 Å². The van der Waals surface area contributed by atoms with Gasteiger partial charge in [0.2, 0.25) is 0 Å². The molecule has 0 saturated heterocycles. The minimum absolute atomic E-state index is 0.00824. The van der Waals surface area contributed by atoms with E-state index in [9.17, 15) is 4.79 Å². The van der Waals surface area contributed by atoms with Crippen LogP contribution in [0.25, 0.3) is 0 Å². The maximum Gasteiger partial charge on any atom is 0.253 e. The van der Waals surface area contributed by atoms with Gasteiger partial charge in [-0.15, -0.1) is 0 Å². The van der Waals surface area contributed by atoms with Crippen molar-refractivity contribution in [1.82, 2.24) is 5.32 Å². The summed E-state index contributed by atoms with van der Waals surface area (Å²) in [6, 6.07) is 6.05. The first-order valence-electron chi connectivity index (χ1n) is 6.76. The summed E-state index contributed by atoms with van der Waals surface area (Å²) >= 11 is 0. The maximum absolute atomic E-state index is 12.3. The molecule has 1 aliphatic rings. The fourth-order valence-corrected chi connectivity index (χ4v) is 2.61. The number of carbonyl (C=O) groups is 1. The van der Waals surface area contributed by atoms with E-state index in [2.05, 4.69) is 10.6 Å². The average molecular weight is 262 g/mol. The molecule has 0 spiro atoms. The van der Waals surface area contributed by atoms with Gasteiger partial charge in [-0.2, -0.15) is 0 Å². The molecule has 0 heterocycles. The number of ether oxygens (including phenoxy) is 1. The van der Waals surface area contributed by atoms with Crippen molar-refractivity contribution in [2.75, 3.05) is 19.5 Å². The Hall–Kier alpha value is -1.55. The van der Waals surface area contributed by atoms with Crippen molar-refractivity contribution >= 4 is 11.6 Å². The zero-order valence-corrected chi connectivity index (χ0v) is 11.8. The van der Waals surface area contributed by atoms with E-state index in [1.54, 1.807) is 7.11 Å². The molecule has 1 aromatic carbocycles. The van der Waals surface area contributed by atoms with Crippen molar-refractivity contribution < 1.29 is 9.53 Å². The molecule has 1 amide bonds. The van der Waals surface area contributed by atoms with E-state index in [0.717, 1.165) is 30.5 Å². The van der Waals surface area contributed by atoms with Gasteiger partial charge in [0.05, 0.1) is 11.7 Å². The molecule has 4 heteroatoms. The minimum atomic E-state index is -0.00824. The Labute approximate surface area is 114 Å². The highest BCUT2D eigenvalue weighted by Crippen LogP contribution is 2.23. The van der Waals surface area contributed by atoms with Gasteiger partial charge in [0.25, 0.3) is 5.91 Å². The topological polar surface area (TPSA) is 50.4 Å². The van der Waals surface area contributed by atoms with Crippen molar-refractivity contribution in [3.63, 3.8) is 0 Å². The monoisotopic (exact) mass is 262 g/mol. The van der Waals surface area contributed by atoms with Crippen LogP contribution in [0, 0.1) is 6.92 Å². The third-order valence-electron chi connectivity index (χ3n) is 3.74. The van der Waals surface area contributed by atoms with E-state index in [4.69, 9.17) is 4.74 Å². The Morgan fingerprint density at radius 2 is 2.16 bits per heavy atom. The molecule has 104 valence electrons. The largest absolute Gasteiger partial charge is 0.387 e. The first-order chi connectivity index (χ1) is 9.13. The average Bonchev–Trinajstić information content (AvgIpc) is 2.86. The summed E-state index contributed by atoms with van der Waals surface area (Å²) in [6.45, 7) is 2.02. The van der Waals surface area contributed by atoms with E-state index in [-0.39, 0.29) is 18.1 Å². The summed E-state index contributed by atoms with van der Waals surface area (Å²) in [4.78, 5) is 12.3. The number of aryl methyl sites for hydroxylation is 1. The minimum Gasteiger partial charge on any atom is -0.387 e. The summed E-state index contributed by atoms with van der Waals surface area (Å²) in [7, 11) is 3.57. The summed E-state index contributed by atoms with van der Waals surface area (Å²) in [5.41, 5.74) is 2.72. The van der Waals surface area contributed by atoms with Gasteiger partial charge in [-0.05, 0) is 43.9 Å². The number of carbonyl (C=O) groups excluding carboxylic acids is 1. The molecule has 1 aliphatic carbocycles. The van der Waals surface area contributed by atoms with Gasteiger partial charge in [-0.25, -0.2) is 0 Å². The third kappa shape index (κ3) is 3.26. The standard InChI is InChI=1S/C15H22N2O2/c1-10-4-7-13(14(8-10)16-2)15(18)17-11-5-6-12(9-11)19-3/h4,7-8,11-12,16H,5-6,9H2,1-3H3,(H,17,18). The van der Waals surface area contributed by atoms with Crippen LogP contribution in [0.5, 0.6) is 0 Å². The van der Waals surface area contributed by atoms with Crippen LogP contribution >= 0.6 is 0 Å². The highest BCUT2D eigenvalue weighted by Gasteiger charge is 2.26. The van der Waals surface area contributed by atoms with E-state index in [1.165, 1.54) is 0 Å². The summed E-state index contributed by atoms with van der Waals surface area (Å²) < 4.78 is 5.33. The number of methoxy groups -OCH3 is 1. The van der Waals surface area contributed by atoms with Crippen LogP contribution in [0.15, 0.2) is 18.2 Å². The van der Waals surface area contributed by atoms with Crippen LogP contribution in [0.3, 0.4) is 0 Å². The van der Waals surface area contributed by atoms with E-state index < -0.39 is 0 Å². The van der Waals surface area contributed by atoms with E-state index >= 15 is 0 Å². The van der Waals surface area contributed by atoms with Crippen molar-refractivity contribution in [2.45, 2.75) is 38.3 Å². The lowest BCUT2D eigenvalue weighted by Crippen LogP contribution is -2.33. The van der Waals surface area contributed by atoms with Gasteiger partial charge >= 0.3 is 0 Å². The Morgan fingerprint density at radius 3 is 2.79 bits per heavy atom. The lowest BCUT2D eigenvalue weighted by Gasteiger charge is -2.15. The molecule has 19 heavy (non-hydrogen) atoms. The lowest BCUT2D eigenvalue weighted by atomic mass is 10.1. The lowest BCUT2D eigenvalue weighted by molar-refractivity contribution is 0.0916. The molecule has 0 radical (unpaired) electrons. The third-order valence-corrected chi connectivity index (χ3v) is 3.74. The predicted molar refractivity (Wildman–Crippen MR) is 76.6 cm³/mol. The number of hydrogen-bond acceptors (Lipinski definition) is 3. The maximum atomic E-state index is 12.3. The number of amides is 1.